The van der Waals surface area contributed by atoms with E-state index in [0.717, 1.165) is 5.56 Å². The van der Waals surface area contributed by atoms with E-state index in [0.29, 0.717) is 13.1 Å². The summed E-state index contributed by atoms with van der Waals surface area (Å²) in [5.41, 5.74) is 0.721. The lowest BCUT2D eigenvalue weighted by atomic mass is 10.0. The van der Waals surface area contributed by atoms with Gasteiger partial charge in [-0.2, -0.15) is 0 Å². The van der Waals surface area contributed by atoms with Crippen LogP contribution in [-0.4, -0.2) is 54.2 Å². The van der Waals surface area contributed by atoms with Crippen LogP contribution in [0.4, 0.5) is 0 Å². The van der Waals surface area contributed by atoms with E-state index in [1.807, 2.05) is 11.8 Å². The Morgan fingerprint density at radius 3 is 2.21 bits per heavy atom. The molecule has 2 rings (SSSR count). The quantitative estimate of drug-likeness (QED) is 0.848. The van der Waals surface area contributed by atoms with Gasteiger partial charge in [0.15, 0.2) is 9.84 Å². The van der Waals surface area contributed by atoms with Crippen molar-refractivity contribution in [3.05, 3.63) is 29.8 Å². The Morgan fingerprint density at radius 1 is 1.16 bits per heavy atom. The molecule has 2 unspecified atom stereocenters. The van der Waals surface area contributed by atoms with Gasteiger partial charge in [-0.1, -0.05) is 12.1 Å². The highest BCUT2D eigenvalue weighted by Gasteiger charge is 2.28. The number of hydrogen-bond donors (Lipinski definition) is 2. The number of aromatic hydroxyl groups is 1. The van der Waals surface area contributed by atoms with Gasteiger partial charge in [-0.3, -0.25) is 4.90 Å². The Labute approximate surface area is 113 Å². The smallest absolute Gasteiger partial charge is 0.152 e. The maximum absolute atomic E-state index is 11.4. The number of phenols is 1. The van der Waals surface area contributed by atoms with E-state index in [9.17, 15) is 18.6 Å². The van der Waals surface area contributed by atoms with Crippen molar-refractivity contribution in [2.45, 2.75) is 19.1 Å². The second kappa shape index (κ2) is 5.48. The summed E-state index contributed by atoms with van der Waals surface area (Å²) in [5.74, 6) is 0.465. The molecule has 1 aromatic rings. The third kappa shape index (κ3) is 3.46. The second-order valence-corrected chi connectivity index (χ2v) is 7.27. The topological polar surface area (TPSA) is 77.8 Å². The molecule has 2 atom stereocenters. The van der Waals surface area contributed by atoms with E-state index in [1.165, 1.54) is 12.1 Å². The van der Waals surface area contributed by atoms with Crippen LogP contribution < -0.4 is 0 Å². The number of rotatable bonds is 3. The Kier molecular flexibility index (Phi) is 4.13. The summed E-state index contributed by atoms with van der Waals surface area (Å²) in [6.07, 6.45) is -0.693. The largest absolute Gasteiger partial charge is 0.508 e. The van der Waals surface area contributed by atoms with Crippen LogP contribution in [0.5, 0.6) is 5.75 Å². The SMILES string of the molecule is CC(C(O)c1ccc(O)cc1)N1CCS(=O)(=O)CC1. The summed E-state index contributed by atoms with van der Waals surface area (Å²) in [6, 6.07) is 6.27. The van der Waals surface area contributed by atoms with Crippen LogP contribution in [0.15, 0.2) is 24.3 Å². The first kappa shape index (κ1) is 14.3. The fourth-order valence-corrected chi connectivity index (χ4v) is 3.51. The molecule has 106 valence electrons. The van der Waals surface area contributed by atoms with Gasteiger partial charge < -0.3 is 10.2 Å². The number of benzene rings is 1. The zero-order valence-corrected chi connectivity index (χ0v) is 11.7. The minimum atomic E-state index is -2.90. The van der Waals surface area contributed by atoms with Crippen molar-refractivity contribution in [2.24, 2.45) is 0 Å². The minimum Gasteiger partial charge on any atom is -0.508 e. The molecule has 0 amide bonds. The van der Waals surface area contributed by atoms with Gasteiger partial charge in [0.25, 0.3) is 0 Å². The normalized spacial score (nSPS) is 22.8. The van der Waals surface area contributed by atoms with Crippen molar-refractivity contribution < 1.29 is 18.6 Å². The molecule has 1 aromatic carbocycles. The summed E-state index contributed by atoms with van der Waals surface area (Å²) in [5, 5.41) is 19.5. The molecule has 0 aromatic heterocycles. The average molecular weight is 285 g/mol. The van der Waals surface area contributed by atoms with Crippen molar-refractivity contribution in [3.63, 3.8) is 0 Å². The van der Waals surface area contributed by atoms with Crippen LogP contribution >= 0.6 is 0 Å². The summed E-state index contributed by atoms with van der Waals surface area (Å²) in [6.45, 7) is 2.80. The zero-order valence-electron chi connectivity index (χ0n) is 10.9. The van der Waals surface area contributed by atoms with Crippen LogP contribution in [0.25, 0.3) is 0 Å². The number of hydrogen-bond acceptors (Lipinski definition) is 5. The summed E-state index contributed by atoms with van der Waals surface area (Å²) >= 11 is 0. The highest BCUT2D eigenvalue weighted by molar-refractivity contribution is 7.91. The van der Waals surface area contributed by atoms with Gasteiger partial charge in [0.1, 0.15) is 5.75 Å². The third-order valence-electron chi connectivity index (χ3n) is 3.65. The average Bonchev–Trinajstić information content (AvgIpc) is 2.38. The van der Waals surface area contributed by atoms with Crippen molar-refractivity contribution in [3.8, 4) is 5.75 Å². The molecule has 0 aliphatic carbocycles. The van der Waals surface area contributed by atoms with Crippen LogP contribution in [0.2, 0.25) is 0 Å². The van der Waals surface area contributed by atoms with Crippen molar-refractivity contribution in [2.75, 3.05) is 24.6 Å². The molecule has 1 saturated heterocycles. The predicted octanol–water partition coefficient (Wildman–Crippen LogP) is 0.544. The van der Waals surface area contributed by atoms with Crippen LogP contribution in [0.3, 0.4) is 0 Å². The summed E-state index contributed by atoms with van der Waals surface area (Å²) in [4.78, 5) is 1.98. The second-order valence-electron chi connectivity index (χ2n) is 4.96. The maximum Gasteiger partial charge on any atom is 0.152 e. The number of aliphatic hydroxyl groups is 1. The van der Waals surface area contributed by atoms with Gasteiger partial charge in [0.05, 0.1) is 17.6 Å². The number of nitrogens with zero attached hydrogens (tertiary/aromatic N) is 1. The lowest BCUT2D eigenvalue weighted by Crippen LogP contribution is -2.47. The van der Waals surface area contributed by atoms with Gasteiger partial charge >= 0.3 is 0 Å². The lowest BCUT2D eigenvalue weighted by Gasteiger charge is -2.34. The predicted molar refractivity (Wildman–Crippen MR) is 72.8 cm³/mol. The minimum absolute atomic E-state index is 0.152. The molecule has 0 spiro atoms. The van der Waals surface area contributed by atoms with Crippen LogP contribution in [0.1, 0.15) is 18.6 Å². The van der Waals surface area contributed by atoms with Gasteiger partial charge in [-0.25, -0.2) is 8.42 Å². The molecule has 1 aliphatic heterocycles. The first-order valence-corrected chi connectivity index (χ1v) is 8.13. The fraction of sp³-hybridized carbons (Fsp3) is 0.538. The molecule has 5 nitrogen and oxygen atoms in total. The molecular weight excluding hydrogens is 266 g/mol. The van der Waals surface area contributed by atoms with E-state index in [2.05, 4.69) is 0 Å². The standard InChI is InChI=1S/C13H19NO4S/c1-10(14-6-8-19(17,18)9-7-14)13(16)11-2-4-12(15)5-3-11/h2-5,10,13,15-16H,6-9H2,1H3. The highest BCUT2D eigenvalue weighted by atomic mass is 32.2. The van der Waals surface area contributed by atoms with Gasteiger partial charge in [0, 0.05) is 19.1 Å². The van der Waals surface area contributed by atoms with E-state index in [-0.39, 0.29) is 23.3 Å². The summed E-state index contributed by atoms with van der Waals surface area (Å²) in [7, 11) is -2.90. The third-order valence-corrected chi connectivity index (χ3v) is 5.26. The maximum atomic E-state index is 11.4. The van der Waals surface area contributed by atoms with Crippen molar-refractivity contribution in [1.82, 2.24) is 4.90 Å². The van der Waals surface area contributed by atoms with E-state index in [4.69, 9.17) is 0 Å². The Morgan fingerprint density at radius 2 is 1.68 bits per heavy atom. The molecule has 1 aliphatic rings. The van der Waals surface area contributed by atoms with Crippen molar-refractivity contribution >= 4 is 9.84 Å². The lowest BCUT2D eigenvalue weighted by molar-refractivity contribution is 0.0627. The first-order valence-electron chi connectivity index (χ1n) is 6.30. The van der Waals surface area contributed by atoms with Gasteiger partial charge in [0.2, 0.25) is 0 Å². The molecule has 2 N–H and O–H groups in total. The molecule has 0 saturated carbocycles. The molecule has 1 fully saturated rings. The Hall–Kier alpha value is -1.11. The molecule has 1 heterocycles. The Bertz CT molecular complexity index is 512. The number of sulfone groups is 1. The number of phenolic OH excluding ortho intramolecular Hbond substituents is 1. The van der Waals surface area contributed by atoms with E-state index in [1.54, 1.807) is 12.1 Å². The van der Waals surface area contributed by atoms with Crippen LogP contribution in [0, 0.1) is 0 Å². The van der Waals surface area contributed by atoms with Crippen molar-refractivity contribution in [1.29, 1.82) is 0 Å². The fourth-order valence-electron chi connectivity index (χ4n) is 2.28. The molecule has 6 heteroatoms. The highest BCUT2D eigenvalue weighted by Crippen LogP contribution is 2.23. The van der Waals surface area contributed by atoms with Crippen LogP contribution in [-0.2, 0) is 9.84 Å². The molecule has 0 bridgehead atoms. The summed E-state index contributed by atoms with van der Waals surface area (Å²) < 4.78 is 22.8. The van der Waals surface area contributed by atoms with E-state index < -0.39 is 15.9 Å². The van der Waals surface area contributed by atoms with Gasteiger partial charge in [-0.15, -0.1) is 0 Å². The molecule has 0 radical (unpaired) electrons. The monoisotopic (exact) mass is 285 g/mol. The molecular formula is C13H19NO4S. The zero-order chi connectivity index (χ0) is 14.0. The van der Waals surface area contributed by atoms with Gasteiger partial charge in [-0.05, 0) is 24.6 Å². The Balaban J connectivity index is 2.03. The number of aliphatic hydroxyl groups excluding tert-OH is 1. The molecule has 19 heavy (non-hydrogen) atoms. The first-order chi connectivity index (χ1) is 8.89. The van der Waals surface area contributed by atoms with E-state index >= 15 is 0 Å².